The first-order chi connectivity index (χ1) is 10.6. The van der Waals surface area contributed by atoms with E-state index in [1.807, 2.05) is 18.2 Å². The van der Waals surface area contributed by atoms with Gasteiger partial charge in [-0.15, -0.1) is 12.4 Å². The number of rotatable bonds is 2. The van der Waals surface area contributed by atoms with Crippen LogP contribution in [0.5, 0.6) is 0 Å². The van der Waals surface area contributed by atoms with Crippen LogP contribution in [0.3, 0.4) is 0 Å². The molecule has 0 radical (unpaired) electrons. The third-order valence-electron chi connectivity index (χ3n) is 4.22. The lowest BCUT2D eigenvalue weighted by molar-refractivity contribution is 0.0917. The molecular weight excluding hydrogens is 382 g/mol. The predicted octanol–water partition coefficient (Wildman–Crippen LogP) is 2.44. The monoisotopic (exact) mass is 399 g/mol. The van der Waals surface area contributed by atoms with Crippen molar-refractivity contribution in [3.63, 3.8) is 0 Å². The number of H-pyrrole nitrogens is 1. The van der Waals surface area contributed by atoms with Crippen LogP contribution in [-0.2, 0) is 0 Å². The van der Waals surface area contributed by atoms with Gasteiger partial charge in [-0.1, -0.05) is 19.1 Å². The number of carbonyl (C=O) groups excluding carboxylic acids is 1. The van der Waals surface area contributed by atoms with Crippen LogP contribution in [0, 0.1) is 5.92 Å². The molecule has 3 rings (SSSR count). The van der Waals surface area contributed by atoms with E-state index in [4.69, 9.17) is 0 Å². The van der Waals surface area contributed by atoms with Gasteiger partial charge < -0.3 is 15.6 Å². The molecule has 1 amide bonds. The first-order valence-corrected chi connectivity index (χ1v) is 8.18. The molecule has 23 heavy (non-hydrogen) atoms. The number of fused-ring (bicyclic) bond motifs is 1. The van der Waals surface area contributed by atoms with Crippen molar-refractivity contribution in [1.82, 2.24) is 15.6 Å². The summed E-state index contributed by atoms with van der Waals surface area (Å²) in [7, 11) is 0. The largest absolute Gasteiger partial charge is 0.348 e. The van der Waals surface area contributed by atoms with Gasteiger partial charge in [-0.3, -0.25) is 9.59 Å². The van der Waals surface area contributed by atoms with E-state index in [-0.39, 0.29) is 29.9 Å². The van der Waals surface area contributed by atoms with E-state index in [1.165, 1.54) is 6.07 Å². The second kappa shape index (κ2) is 7.47. The molecule has 1 aromatic heterocycles. The van der Waals surface area contributed by atoms with Gasteiger partial charge in [0, 0.05) is 28.5 Å². The number of aromatic amines is 1. The Labute approximate surface area is 148 Å². The minimum atomic E-state index is -0.278. The van der Waals surface area contributed by atoms with Gasteiger partial charge in [-0.2, -0.15) is 0 Å². The molecule has 1 aliphatic heterocycles. The highest BCUT2D eigenvalue weighted by Gasteiger charge is 2.24. The van der Waals surface area contributed by atoms with Crippen LogP contribution in [0.15, 0.2) is 33.5 Å². The smallest absolute Gasteiger partial charge is 0.252 e. The minimum absolute atomic E-state index is 0. The average molecular weight is 401 g/mol. The van der Waals surface area contributed by atoms with Crippen LogP contribution >= 0.6 is 28.3 Å². The Bertz CT molecular complexity index is 777. The third-order valence-corrected chi connectivity index (χ3v) is 4.88. The molecule has 2 aromatic rings. The number of piperidine rings is 1. The Kier molecular flexibility index (Phi) is 5.84. The molecule has 1 aliphatic rings. The summed E-state index contributed by atoms with van der Waals surface area (Å²) in [5.41, 5.74) is 0.784. The zero-order valence-electron chi connectivity index (χ0n) is 12.7. The van der Waals surface area contributed by atoms with Crippen molar-refractivity contribution < 1.29 is 4.79 Å². The summed E-state index contributed by atoms with van der Waals surface area (Å²) in [6, 6.07) is 6.99. The van der Waals surface area contributed by atoms with Gasteiger partial charge in [-0.25, -0.2) is 0 Å². The normalized spacial score (nSPS) is 20.8. The molecule has 0 aliphatic carbocycles. The molecule has 3 N–H and O–H groups in total. The molecule has 0 bridgehead atoms. The van der Waals surface area contributed by atoms with Gasteiger partial charge in [0.25, 0.3) is 5.91 Å². The van der Waals surface area contributed by atoms with Crippen molar-refractivity contribution in [3.8, 4) is 0 Å². The minimum Gasteiger partial charge on any atom is -0.348 e. The average Bonchev–Trinajstić information content (AvgIpc) is 2.50. The topological polar surface area (TPSA) is 74.0 Å². The number of benzene rings is 1. The number of amides is 1. The lowest BCUT2D eigenvalue weighted by Crippen LogP contribution is -2.50. The van der Waals surface area contributed by atoms with Crippen LogP contribution in [0.2, 0.25) is 0 Å². The zero-order chi connectivity index (χ0) is 15.7. The van der Waals surface area contributed by atoms with Crippen molar-refractivity contribution in [3.05, 3.63) is 44.7 Å². The summed E-state index contributed by atoms with van der Waals surface area (Å²) in [5, 5.41) is 7.08. The van der Waals surface area contributed by atoms with E-state index in [2.05, 4.69) is 38.5 Å². The molecule has 2 heterocycles. The van der Waals surface area contributed by atoms with Gasteiger partial charge in [0.2, 0.25) is 5.56 Å². The van der Waals surface area contributed by atoms with Crippen molar-refractivity contribution in [2.75, 3.05) is 13.1 Å². The number of nitrogens with one attached hydrogen (secondary N) is 3. The lowest BCUT2D eigenvalue weighted by atomic mass is 9.94. The van der Waals surface area contributed by atoms with E-state index in [0.29, 0.717) is 17.0 Å². The van der Waals surface area contributed by atoms with E-state index in [0.717, 1.165) is 29.4 Å². The number of hydrogen-bond acceptors (Lipinski definition) is 3. The van der Waals surface area contributed by atoms with E-state index in [9.17, 15) is 9.59 Å². The van der Waals surface area contributed by atoms with E-state index in [1.54, 1.807) is 0 Å². The Morgan fingerprint density at radius 2 is 2.17 bits per heavy atom. The standard InChI is InChI=1S/C16H18BrN3O2.ClH/c1-9-5-6-18-8-13(9)19-16(22)11-7-14(21)20-15-10(11)3-2-4-12(15)17;/h2-4,7,9,13,18H,5-6,8H2,1H3,(H,19,22)(H,20,21);1H. The zero-order valence-corrected chi connectivity index (χ0v) is 15.1. The molecule has 0 saturated carbocycles. The maximum Gasteiger partial charge on any atom is 0.252 e. The third kappa shape index (κ3) is 3.76. The van der Waals surface area contributed by atoms with Gasteiger partial charge in [0.15, 0.2) is 0 Å². The quantitative estimate of drug-likeness (QED) is 0.725. The highest BCUT2D eigenvalue weighted by atomic mass is 79.9. The van der Waals surface area contributed by atoms with Crippen LogP contribution in [0.4, 0.5) is 0 Å². The van der Waals surface area contributed by atoms with Gasteiger partial charge in [0.05, 0.1) is 11.1 Å². The summed E-state index contributed by atoms with van der Waals surface area (Å²) in [5.74, 6) is 0.222. The fourth-order valence-corrected chi connectivity index (χ4v) is 3.33. The Balaban J connectivity index is 0.00000192. The molecule has 0 spiro atoms. The second-order valence-electron chi connectivity index (χ2n) is 5.76. The predicted molar refractivity (Wildman–Crippen MR) is 97.4 cm³/mol. The number of pyridine rings is 1. The number of para-hydroxylation sites is 1. The molecule has 1 fully saturated rings. The highest BCUT2D eigenvalue weighted by molar-refractivity contribution is 9.10. The highest BCUT2D eigenvalue weighted by Crippen LogP contribution is 2.23. The fraction of sp³-hybridized carbons (Fsp3) is 0.375. The molecule has 7 heteroatoms. The number of hydrogen-bond donors (Lipinski definition) is 3. The first-order valence-electron chi connectivity index (χ1n) is 7.39. The Morgan fingerprint density at radius 1 is 1.39 bits per heavy atom. The SMILES string of the molecule is CC1CCNCC1NC(=O)c1cc(=O)[nH]c2c(Br)cccc12.Cl. The van der Waals surface area contributed by atoms with Crippen LogP contribution in [0.1, 0.15) is 23.7 Å². The van der Waals surface area contributed by atoms with Crippen molar-refractivity contribution in [1.29, 1.82) is 0 Å². The second-order valence-corrected chi connectivity index (χ2v) is 6.61. The molecule has 1 aromatic carbocycles. The van der Waals surface area contributed by atoms with E-state index < -0.39 is 0 Å². The lowest BCUT2D eigenvalue weighted by Gasteiger charge is -2.30. The first kappa shape index (κ1) is 18.0. The van der Waals surface area contributed by atoms with Gasteiger partial charge in [0.1, 0.15) is 0 Å². The molecule has 1 saturated heterocycles. The van der Waals surface area contributed by atoms with Crippen LogP contribution < -0.4 is 16.2 Å². The van der Waals surface area contributed by atoms with Crippen molar-refractivity contribution in [2.45, 2.75) is 19.4 Å². The molecule has 124 valence electrons. The number of halogens is 2. The summed E-state index contributed by atoms with van der Waals surface area (Å²) in [6.45, 7) is 3.88. The van der Waals surface area contributed by atoms with Crippen LogP contribution in [-0.4, -0.2) is 30.0 Å². The summed E-state index contributed by atoms with van der Waals surface area (Å²) in [4.78, 5) is 27.2. The van der Waals surface area contributed by atoms with Gasteiger partial charge >= 0.3 is 0 Å². The maximum atomic E-state index is 12.6. The fourth-order valence-electron chi connectivity index (χ4n) is 2.86. The Morgan fingerprint density at radius 3 is 2.91 bits per heavy atom. The Hall–Kier alpha value is -1.37. The number of aromatic nitrogens is 1. The van der Waals surface area contributed by atoms with Crippen molar-refractivity contribution in [2.24, 2.45) is 5.92 Å². The number of carbonyl (C=O) groups is 1. The van der Waals surface area contributed by atoms with Crippen LogP contribution in [0.25, 0.3) is 10.9 Å². The molecule has 2 unspecified atom stereocenters. The summed E-state index contributed by atoms with van der Waals surface area (Å²) < 4.78 is 0.768. The molecule has 5 nitrogen and oxygen atoms in total. The summed E-state index contributed by atoms with van der Waals surface area (Å²) in [6.07, 6.45) is 1.03. The molecule has 2 atom stereocenters. The maximum absolute atomic E-state index is 12.6. The van der Waals surface area contributed by atoms with Crippen molar-refractivity contribution >= 4 is 45.1 Å². The summed E-state index contributed by atoms with van der Waals surface area (Å²) >= 11 is 3.41. The molecular formula is C16H19BrClN3O2. The van der Waals surface area contributed by atoms with E-state index >= 15 is 0 Å². The van der Waals surface area contributed by atoms with Gasteiger partial charge in [-0.05, 0) is 40.9 Å².